The van der Waals surface area contributed by atoms with Crippen molar-refractivity contribution in [2.75, 3.05) is 6.54 Å². The Hall–Kier alpha value is -0.320. The molecule has 0 aliphatic heterocycles. The smallest absolute Gasteiger partial charge is 0.163 e. The Morgan fingerprint density at radius 1 is 1.67 bits per heavy atom. The van der Waals surface area contributed by atoms with E-state index in [2.05, 4.69) is 17.5 Å². The fraction of sp³-hybridized carbons (Fsp3) is 0.286. The minimum atomic E-state index is 0.345. The highest BCUT2D eigenvalue weighted by Gasteiger charge is 1.96. The minimum absolute atomic E-state index is 0.345. The van der Waals surface area contributed by atoms with Gasteiger partial charge in [0, 0.05) is 11.4 Å². The van der Waals surface area contributed by atoms with Crippen LogP contribution in [0.5, 0.6) is 0 Å². The second-order valence-electron chi connectivity index (χ2n) is 2.25. The molecule has 2 nitrogen and oxygen atoms in total. The predicted octanol–water partition coefficient (Wildman–Crippen LogP) is 1.78. The first-order chi connectivity index (χ1) is 5.68. The molecule has 0 fully saturated rings. The van der Waals surface area contributed by atoms with E-state index in [0.717, 1.165) is 17.3 Å². The van der Waals surface area contributed by atoms with Gasteiger partial charge >= 0.3 is 0 Å². The first-order valence-corrected chi connectivity index (χ1v) is 5.06. The van der Waals surface area contributed by atoms with E-state index in [0.29, 0.717) is 5.11 Å². The molecule has 0 saturated carbocycles. The van der Waals surface area contributed by atoms with Crippen molar-refractivity contribution >= 4 is 40.3 Å². The number of hydrogen-bond donors (Lipinski definition) is 2. The molecular formula is C7H9ClN2S2. The Labute approximate surface area is 85.7 Å². The monoisotopic (exact) mass is 220 g/mol. The normalized spacial score (nSPS) is 9.75. The van der Waals surface area contributed by atoms with Crippen molar-refractivity contribution in [3.05, 3.63) is 21.3 Å². The number of hydrogen-bond acceptors (Lipinski definition) is 2. The number of thiocarbonyl (C=S) groups is 1. The van der Waals surface area contributed by atoms with Gasteiger partial charge < -0.3 is 11.1 Å². The number of thiophene rings is 1. The van der Waals surface area contributed by atoms with E-state index in [1.807, 2.05) is 12.1 Å². The summed E-state index contributed by atoms with van der Waals surface area (Å²) in [5.74, 6) is 0. The second kappa shape index (κ2) is 4.64. The molecule has 1 aromatic heterocycles. The maximum Gasteiger partial charge on any atom is 0.163 e. The van der Waals surface area contributed by atoms with Gasteiger partial charge in [-0.15, -0.1) is 11.3 Å². The van der Waals surface area contributed by atoms with Gasteiger partial charge in [-0.25, -0.2) is 0 Å². The van der Waals surface area contributed by atoms with Crippen LogP contribution < -0.4 is 11.1 Å². The molecule has 1 heterocycles. The van der Waals surface area contributed by atoms with Gasteiger partial charge in [-0.3, -0.25) is 0 Å². The van der Waals surface area contributed by atoms with Crippen LogP contribution in [-0.4, -0.2) is 11.7 Å². The van der Waals surface area contributed by atoms with Crippen LogP contribution in [0.15, 0.2) is 12.1 Å². The molecule has 5 heteroatoms. The first kappa shape index (κ1) is 9.77. The summed E-state index contributed by atoms with van der Waals surface area (Å²) in [4.78, 5) is 1.24. The summed E-state index contributed by atoms with van der Waals surface area (Å²) in [5.41, 5.74) is 5.26. The molecule has 1 aromatic rings. The van der Waals surface area contributed by atoms with E-state index in [1.54, 1.807) is 11.3 Å². The summed E-state index contributed by atoms with van der Waals surface area (Å²) in [7, 11) is 0. The zero-order valence-electron chi connectivity index (χ0n) is 6.34. The van der Waals surface area contributed by atoms with Gasteiger partial charge in [0.2, 0.25) is 0 Å². The van der Waals surface area contributed by atoms with Crippen molar-refractivity contribution in [1.29, 1.82) is 0 Å². The van der Waals surface area contributed by atoms with E-state index < -0.39 is 0 Å². The zero-order valence-corrected chi connectivity index (χ0v) is 8.73. The van der Waals surface area contributed by atoms with Crippen molar-refractivity contribution < 1.29 is 0 Å². The quantitative estimate of drug-likeness (QED) is 0.763. The molecule has 0 aliphatic rings. The van der Waals surface area contributed by atoms with E-state index in [1.165, 1.54) is 4.88 Å². The van der Waals surface area contributed by atoms with Gasteiger partial charge in [-0.1, -0.05) is 11.6 Å². The SMILES string of the molecule is NC(=S)NCCc1ccc(Cl)s1. The van der Waals surface area contributed by atoms with Crippen LogP contribution in [0, 0.1) is 0 Å². The van der Waals surface area contributed by atoms with Crippen LogP contribution in [0.3, 0.4) is 0 Å². The molecule has 3 N–H and O–H groups in total. The molecule has 0 amide bonds. The Balaban J connectivity index is 2.29. The van der Waals surface area contributed by atoms with Crippen LogP contribution in [0.4, 0.5) is 0 Å². The topological polar surface area (TPSA) is 38.0 Å². The number of nitrogens with two attached hydrogens (primary N) is 1. The lowest BCUT2D eigenvalue weighted by Crippen LogP contribution is -2.30. The Morgan fingerprint density at radius 3 is 2.92 bits per heavy atom. The largest absolute Gasteiger partial charge is 0.376 e. The summed E-state index contributed by atoms with van der Waals surface area (Å²) in [6.07, 6.45) is 0.911. The highest BCUT2D eigenvalue weighted by Crippen LogP contribution is 2.21. The molecule has 1 rings (SSSR count). The van der Waals surface area contributed by atoms with Crippen molar-refractivity contribution in [2.45, 2.75) is 6.42 Å². The molecule has 0 bridgehead atoms. The molecule has 0 aromatic carbocycles. The fourth-order valence-electron chi connectivity index (χ4n) is 0.795. The molecule has 0 spiro atoms. The third-order valence-electron chi connectivity index (χ3n) is 1.30. The van der Waals surface area contributed by atoms with Gasteiger partial charge in [0.1, 0.15) is 0 Å². The number of nitrogens with one attached hydrogen (secondary N) is 1. The molecule has 0 radical (unpaired) electrons. The first-order valence-electron chi connectivity index (χ1n) is 3.46. The third kappa shape index (κ3) is 3.38. The molecule has 0 saturated heterocycles. The average molecular weight is 221 g/mol. The Morgan fingerprint density at radius 2 is 2.42 bits per heavy atom. The van der Waals surface area contributed by atoms with Crippen molar-refractivity contribution in [3.8, 4) is 0 Å². The van der Waals surface area contributed by atoms with Gasteiger partial charge in [0.15, 0.2) is 5.11 Å². The molecule has 0 unspecified atom stereocenters. The summed E-state index contributed by atoms with van der Waals surface area (Å²) in [6, 6.07) is 3.90. The highest BCUT2D eigenvalue weighted by atomic mass is 35.5. The molecular weight excluding hydrogens is 212 g/mol. The van der Waals surface area contributed by atoms with Gasteiger partial charge in [-0.2, -0.15) is 0 Å². The van der Waals surface area contributed by atoms with Crippen molar-refractivity contribution in [2.24, 2.45) is 5.73 Å². The summed E-state index contributed by atoms with van der Waals surface area (Å²) in [6.45, 7) is 0.770. The lowest BCUT2D eigenvalue weighted by molar-refractivity contribution is 0.881. The van der Waals surface area contributed by atoms with Crippen molar-refractivity contribution in [1.82, 2.24) is 5.32 Å². The van der Waals surface area contributed by atoms with Crippen LogP contribution >= 0.6 is 35.2 Å². The predicted molar refractivity (Wildman–Crippen MR) is 57.8 cm³/mol. The van der Waals surface area contributed by atoms with E-state index >= 15 is 0 Å². The van der Waals surface area contributed by atoms with Gasteiger partial charge in [-0.05, 0) is 30.8 Å². The average Bonchev–Trinajstić information content (AvgIpc) is 2.35. The summed E-state index contributed by atoms with van der Waals surface area (Å²) < 4.78 is 0.820. The minimum Gasteiger partial charge on any atom is -0.376 e. The summed E-state index contributed by atoms with van der Waals surface area (Å²) >= 11 is 12.0. The standard InChI is InChI=1S/C7H9ClN2S2/c8-6-2-1-5(12-6)3-4-10-7(9)11/h1-2H,3-4H2,(H3,9,10,11). The summed E-state index contributed by atoms with van der Waals surface area (Å²) in [5, 5.41) is 3.22. The Kier molecular flexibility index (Phi) is 3.78. The molecule has 0 aliphatic carbocycles. The zero-order chi connectivity index (χ0) is 8.97. The number of rotatable bonds is 3. The highest BCUT2D eigenvalue weighted by molar-refractivity contribution is 7.80. The molecule has 0 atom stereocenters. The van der Waals surface area contributed by atoms with Crippen LogP contribution in [0.1, 0.15) is 4.88 Å². The van der Waals surface area contributed by atoms with E-state index in [-0.39, 0.29) is 0 Å². The van der Waals surface area contributed by atoms with E-state index in [4.69, 9.17) is 17.3 Å². The van der Waals surface area contributed by atoms with Gasteiger partial charge in [0.25, 0.3) is 0 Å². The third-order valence-corrected chi connectivity index (χ3v) is 2.73. The number of halogens is 1. The maximum absolute atomic E-state index is 5.75. The lowest BCUT2D eigenvalue weighted by Gasteiger charge is -2.00. The second-order valence-corrected chi connectivity index (χ2v) is 4.49. The van der Waals surface area contributed by atoms with E-state index in [9.17, 15) is 0 Å². The van der Waals surface area contributed by atoms with Crippen LogP contribution in [0.25, 0.3) is 0 Å². The lowest BCUT2D eigenvalue weighted by atomic mass is 10.3. The maximum atomic E-state index is 5.75. The molecule has 66 valence electrons. The van der Waals surface area contributed by atoms with Crippen LogP contribution in [0.2, 0.25) is 4.34 Å². The van der Waals surface area contributed by atoms with Gasteiger partial charge in [0.05, 0.1) is 4.34 Å². The van der Waals surface area contributed by atoms with Crippen molar-refractivity contribution in [3.63, 3.8) is 0 Å². The van der Waals surface area contributed by atoms with Crippen LogP contribution in [-0.2, 0) is 6.42 Å². The Bertz CT molecular complexity index is 272. The fourth-order valence-corrected chi connectivity index (χ4v) is 1.98. The molecule has 12 heavy (non-hydrogen) atoms.